The third kappa shape index (κ3) is 6.75. The topological polar surface area (TPSA) is 24.3 Å². The summed E-state index contributed by atoms with van der Waals surface area (Å²) >= 11 is -0.106. The summed E-state index contributed by atoms with van der Waals surface area (Å²) in [6, 6.07) is 12.9. The van der Waals surface area contributed by atoms with Gasteiger partial charge in [0.1, 0.15) is 0 Å². The van der Waals surface area contributed by atoms with Crippen molar-refractivity contribution in [3.05, 3.63) is 84.0 Å². The molecule has 1 aliphatic rings. The number of imidazole rings is 1. The van der Waals surface area contributed by atoms with Gasteiger partial charge in [0.05, 0.1) is 6.33 Å². The average molecular weight is 538 g/mol. The van der Waals surface area contributed by atoms with Crippen LogP contribution in [0.15, 0.2) is 55.1 Å². The molecular weight excluding hydrogens is 510 g/mol. The van der Waals surface area contributed by atoms with Crippen LogP contribution in [0.4, 0.5) is 11.4 Å². The number of hydrogen-bond donors (Lipinski definition) is 0. The van der Waals surface area contributed by atoms with Crippen molar-refractivity contribution in [2.45, 2.75) is 27.7 Å². The molecule has 4 nitrogen and oxygen atoms in total. The first-order valence-corrected chi connectivity index (χ1v) is 13.6. The molecule has 2 radical (unpaired) electrons. The zero-order chi connectivity index (χ0) is 22.1. The van der Waals surface area contributed by atoms with Crippen molar-refractivity contribution >= 4 is 30.4 Å². The van der Waals surface area contributed by atoms with Crippen molar-refractivity contribution in [1.29, 1.82) is 0 Å². The molecule has 0 saturated carbocycles. The molecule has 0 atom stereocenters. The molecule has 3 aromatic rings. The molecule has 2 aromatic carbocycles. The molecule has 2 heterocycles. The van der Waals surface area contributed by atoms with E-state index >= 15 is 0 Å². The molecule has 0 unspecified atom stereocenters. The first kappa shape index (κ1) is 24.8. The molecule has 0 spiro atoms. The second-order valence-corrected chi connectivity index (χ2v) is 9.52. The molecule has 164 valence electrons. The summed E-state index contributed by atoms with van der Waals surface area (Å²) < 4.78 is 1.89. The summed E-state index contributed by atoms with van der Waals surface area (Å²) in [6.07, 6.45) is 5.39. The van der Waals surface area contributed by atoms with Gasteiger partial charge in [0.2, 0.25) is 6.67 Å². The minimum atomic E-state index is -0.106. The van der Waals surface area contributed by atoms with Gasteiger partial charge in [0, 0.05) is 43.9 Å². The van der Waals surface area contributed by atoms with Crippen LogP contribution in [0, 0.1) is 34.4 Å². The van der Waals surface area contributed by atoms with E-state index in [1.807, 2.05) is 17.8 Å². The molecule has 0 aliphatic carbocycles. The van der Waals surface area contributed by atoms with Gasteiger partial charge in [-0.2, -0.15) is 0 Å². The van der Waals surface area contributed by atoms with E-state index in [9.17, 15) is 0 Å². The van der Waals surface area contributed by atoms with Gasteiger partial charge in [0.15, 0.2) is 0 Å². The van der Waals surface area contributed by atoms with E-state index in [4.69, 9.17) is 19.1 Å². The van der Waals surface area contributed by atoms with Crippen molar-refractivity contribution in [2.75, 3.05) is 22.9 Å². The Morgan fingerprint density at radius 2 is 1.23 bits per heavy atom. The molecular formula is C23H28Cl2N4Pd. The van der Waals surface area contributed by atoms with Gasteiger partial charge in [-0.25, -0.2) is 4.98 Å². The summed E-state index contributed by atoms with van der Waals surface area (Å²) in [6.45, 7) is 14.2. The predicted molar refractivity (Wildman–Crippen MR) is 125 cm³/mol. The van der Waals surface area contributed by atoms with E-state index in [1.165, 1.54) is 33.6 Å². The van der Waals surface area contributed by atoms with Crippen LogP contribution in [0.2, 0.25) is 0 Å². The third-order valence-corrected chi connectivity index (χ3v) is 4.84. The first-order valence-electron chi connectivity index (χ1n) is 9.57. The van der Waals surface area contributed by atoms with Crippen molar-refractivity contribution in [3.63, 3.8) is 0 Å². The SMILES string of the molecule is Cc1cccc(C)c1N1[C]N(c2c(C)cccc2C)CC1.Cn1ccnc1.[Cl][Pd][Cl]. The molecule has 0 amide bonds. The van der Waals surface area contributed by atoms with Crippen molar-refractivity contribution in [1.82, 2.24) is 9.55 Å². The fourth-order valence-corrected chi connectivity index (χ4v) is 3.56. The monoisotopic (exact) mass is 536 g/mol. The molecule has 30 heavy (non-hydrogen) atoms. The number of anilines is 2. The second kappa shape index (κ2) is 12.4. The first-order chi connectivity index (χ1) is 14.4. The van der Waals surface area contributed by atoms with E-state index < -0.39 is 0 Å². The Labute approximate surface area is 196 Å². The quantitative estimate of drug-likeness (QED) is 0.373. The molecule has 0 bridgehead atoms. The van der Waals surface area contributed by atoms with Crippen molar-refractivity contribution in [3.8, 4) is 0 Å². The van der Waals surface area contributed by atoms with Crippen molar-refractivity contribution in [2.24, 2.45) is 7.05 Å². The molecule has 1 saturated heterocycles. The third-order valence-electron chi connectivity index (χ3n) is 4.84. The zero-order valence-corrected chi connectivity index (χ0v) is 21.0. The van der Waals surface area contributed by atoms with Crippen LogP contribution < -0.4 is 9.80 Å². The summed E-state index contributed by atoms with van der Waals surface area (Å²) in [5, 5.41) is 0. The molecule has 0 N–H and O–H groups in total. The van der Waals surface area contributed by atoms with E-state index in [1.54, 1.807) is 12.5 Å². The fraction of sp³-hybridized carbons (Fsp3) is 0.304. The number of aryl methyl sites for hydroxylation is 5. The molecule has 1 aromatic heterocycles. The fourth-order valence-electron chi connectivity index (χ4n) is 3.56. The maximum atomic E-state index is 4.81. The van der Waals surface area contributed by atoms with Gasteiger partial charge in [0.25, 0.3) is 0 Å². The zero-order valence-electron chi connectivity index (χ0n) is 18.0. The van der Waals surface area contributed by atoms with Crippen LogP contribution >= 0.6 is 19.1 Å². The van der Waals surface area contributed by atoms with Gasteiger partial charge in [-0.1, -0.05) is 36.4 Å². The van der Waals surface area contributed by atoms with Crippen LogP contribution in [0.1, 0.15) is 22.3 Å². The van der Waals surface area contributed by atoms with Crippen LogP contribution in [-0.2, 0) is 23.0 Å². The number of nitrogens with zero attached hydrogens (tertiary/aromatic N) is 4. The Bertz CT molecular complexity index is 818. The summed E-state index contributed by atoms with van der Waals surface area (Å²) in [7, 11) is 11.6. The standard InChI is InChI=1S/C19H22N2.C4H6N2.2ClH.Pd/c1-14-7-5-8-15(2)18(14)20-11-12-21(13-20)19-16(3)9-6-10-17(19)4;1-6-3-2-5-4-6;;;/h5-10H,11-12H2,1-4H3;2-4H,1H3;2*1H;/q;;;;+2/p-2. The van der Waals surface area contributed by atoms with Gasteiger partial charge < -0.3 is 14.4 Å². The minimum absolute atomic E-state index is 0.106. The number of rotatable bonds is 2. The van der Waals surface area contributed by atoms with Gasteiger partial charge >= 0.3 is 35.0 Å². The van der Waals surface area contributed by atoms with E-state index in [0.29, 0.717) is 0 Å². The number of halogens is 2. The Morgan fingerprint density at radius 1 is 0.833 bits per heavy atom. The summed E-state index contributed by atoms with van der Waals surface area (Å²) in [4.78, 5) is 8.31. The molecule has 4 rings (SSSR count). The summed E-state index contributed by atoms with van der Waals surface area (Å²) in [5.74, 6) is 0. The van der Waals surface area contributed by atoms with E-state index in [0.717, 1.165) is 13.1 Å². The van der Waals surface area contributed by atoms with Crippen LogP contribution in [0.5, 0.6) is 0 Å². The maximum absolute atomic E-state index is 4.81. The number of hydrogen-bond acceptors (Lipinski definition) is 3. The second-order valence-electron chi connectivity index (χ2n) is 7.16. The molecule has 7 heteroatoms. The number of para-hydroxylation sites is 2. The van der Waals surface area contributed by atoms with Crippen molar-refractivity contribution < 1.29 is 15.9 Å². The van der Waals surface area contributed by atoms with Crippen LogP contribution in [0.3, 0.4) is 0 Å². The number of aromatic nitrogens is 2. The van der Waals surface area contributed by atoms with Gasteiger partial charge in [-0.05, 0) is 49.9 Å². The van der Waals surface area contributed by atoms with Crippen LogP contribution in [0.25, 0.3) is 0 Å². The normalized spacial score (nSPS) is 12.9. The summed E-state index contributed by atoms with van der Waals surface area (Å²) in [5.41, 5.74) is 7.84. The van der Waals surface area contributed by atoms with Gasteiger partial charge in [-0.3, -0.25) is 0 Å². The number of benzene rings is 2. The van der Waals surface area contributed by atoms with Gasteiger partial charge in [-0.15, -0.1) is 0 Å². The predicted octanol–water partition coefficient (Wildman–Crippen LogP) is 6.04. The Balaban J connectivity index is 0.000000298. The molecule has 1 fully saturated rings. The van der Waals surface area contributed by atoms with Crippen LogP contribution in [-0.4, -0.2) is 22.6 Å². The Hall–Kier alpha value is -1.51. The van der Waals surface area contributed by atoms with E-state index in [2.05, 4.69) is 85.5 Å². The Morgan fingerprint density at radius 3 is 1.50 bits per heavy atom. The average Bonchev–Trinajstić information content (AvgIpc) is 3.35. The Kier molecular flexibility index (Phi) is 10.2. The molecule has 1 aliphatic heterocycles. The van der Waals surface area contributed by atoms with E-state index in [-0.39, 0.29) is 15.9 Å².